The summed E-state index contributed by atoms with van der Waals surface area (Å²) < 4.78 is 18.7. The van der Waals surface area contributed by atoms with E-state index in [0.717, 1.165) is 5.56 Å². The molecule has 1 N–H and O–H groups in total. The SMILES string of the molecule is CCOC(=O)C1=C(CN2CCN(C(=O)c3ccc(F)cc3)[C@H](C)C2)N(CC)C(=O)N[C@@H]1c1ccccc1. The Morgan fingerprint density at radius 3 is 2.38 bits per heavy atom. The van der Waals surface area contributed by atoms with Gasteiger partial charge in [-0.05, 0) is 50.6 Å². The number of nitrogens with one attached hydrogen (secondary N) is 1. The molecule has 3 amide bonds. The molecule has 2 aromatic rings. The van der Waals surface area contributed by atoms with E-state index >= 15 is 0 Å². The number of hydrogen-bond donors (Lipinski definition) is 1. The third-order valence-electron chi connectivity index (χ3n) is 6.82. The molecule has 37 heavy (non-hydrogen) atoms. The lowest BCUT2D eigenvalue weighted by Crippen LogP contribution is -2.56. The van der Waals surface area contributed by atoms with Crippen molar-refractivity contribution in [2.75, 3.05) is 39.3 Å². The van der Waals surface area contributed by atoms with Gasteiger partial charge in [0.1, 0.15) is 5.82 Å². The topological polar surface area (TPSA) is 82.2 Å². The van der Waals surface area contributed by atoms with Gasteiger partial charge < -0.3 is 15.0 Å². The van der Waals surface area contributed by atoms with E-state index in [9.17, 15) is 18.8 Å². The van der Waals surface area contributed by atoms with E-state index in [1.807, 2.05) is 44.2 Å². The molecule has 196 valence electrons. The van der Waals surface area contributed by atoms with Crippen molar-refractivity contribution in [3.05, 3.63) is 82.8 Å². The summed E-state index contributed by atoms with van der Waals surface area (Å²) in [6.45, 7) is 8.16. The summed E-state index contributed by atoms with van der Waals surface area (Å²) in [7, 11) is 0. The maximum Gasteiger partial charge on any atom is 0.338 e. The Bertz CT molecular complexity index is 1170. The zero-order chi connectivity index (χ0) is 26.5. The van der Waals surface area contributed by atoms with Crippen LogP contribution in [-0.4, -0.2) is 78.0 Å². The maximum atomic E-state index is 13.3. The van der Waals surface area contributed by atoms with E-state index in [0.29, 0.717) is 49.6 Å². The third-order valence-corrected chi connectivity index (χ3v) is 6.82. The minimum atomic E-state index is -0.621. The summed E-state index contributed by atoms with van der Waals surface area (Å²) in [5.41, 5.74) is 2.28. The molecule has 8 nitrogen and oxygen atoms in total. The molecular weight excluding hydrogens is 475 g/mol. The van der Waals surface area contributed by atoms with Crippen LogP contribution < -0.4 is 5.32 Å². The summed E-state index contributed by atoms with van der Waals surface area (Å²) in [5.74, 6) is -0.983. The first kappa shape index (κ1) is 26.3. The lowest BCUT2D eigenvalue weighted by Gasteiger charge is -2.43. The van der Waals surface area contributed by atoms with E-state index in [1.54, 1.807) is 16.7 Å². The normalized spacial score (nSPS) is 20.6. The van der Waals surface area contributed by atoms with Crippen molar-refractivity contribution in [1.82, 2.24) is 20.0 Å². The van der Waals surface area contributed by atoms with Crippen molar-refractivity contribution in [3.8, 4) is 0 Å². The molecule has 2 aromatic carbocycles. The summed E-state index contributed by atoms with van der Waals surface area (Å²) >= 11 is 0. The van der Waals surface area contributed by atoms with Crippen molar-refractivity contribution >= 4 is 17.9 Å². The Morgan fingerprint density at radius 1 is 1.05 bits per heavy atom. The van der Waals surface area contributed by atoms with Crippen LogP contribution >= 0.6 is 0 Å². The highest BCUT2D eigenvalue weighted by molar-refractivity contribution is 5.95. The van der Waals surface area contributed by atoms with Crippen LogP contribution in [-0.2, 0) is 9.53 Å². The number of halogens is 1. The second-order valence-electron chi connectivity index (χ2n) is 9.21. The van der Waals surface area contributed by atoms with Crippen LogP contribution in [0.3, 0.4) is 0 Å². The molecular formula is C28H33FN4O4. The number of urea groups is 1. The molecule has 0 saturated carbocycles. The fraction of sp³-hybridized carbons (Fsp3) is 0.393. The Kier molecular flexibility index (Phi) is 8.23. The molecule has 0 unspecified atom stereocenters. The van der Waals surface area contributed by atoms with Crippen molar-refractivity contribution in [1.29, 1.82) is 0 Å². The second-order valence-corrected chi connectivity index (χ2v) is 9.21. The Labute approximate surface area is 216 Å². The minimum Gasteiger partial charge on any atom is -0.463 e. The number of benzene rings is 2. The minimum absolute atomic E-state index is 0.115. The number of hydrogen-bond acceptors (Lipinski definition) is 5. The molecule has 1 saturated heterocycles. The van der Waals surface area contributed by atoms with Crippen LogP contribution in [0, 0.1) is 5.82 Å². The smallest absolute Gasteiger partial charge is 0.338 e. The number of ether oxygens (including phenoxy) is 1. The zero-order valence-electron chi connectivity index (χ0n) is 21.4. The fourth-order valence-electron chi connectivity index (χ4n) is 5.00. The molecule has 0 bridgehead atoms. The van der Waals surface area contributed by atoms with Gasteiger partial charge in [-0.15, -0.1) is 0 Å². The van der Waals surface area contributed by atoms with Crippen LogP contribution in [0.15, 0.2) is 65.9 Å². The van der Waals surface area contributed by atoms with Crippen molar-refractivity contribution in [2.24, 2.45) is 0 Å². The highest BCUT2D eigenvalue weighted by Crippen LogP contribution is 2.32. The first-order valence-electron chi connectivity index (χ1n) is 12.7. The first-order valence-corrected chi connectivity index (χ1v) is 12.7. The van der Waals surface area contributed by atoms with Gasteiger partial charge in [0.25, 0.3) is 5.91 Å². The number of piperazine rings is 1. The summed E-state index contributed by atoms with van der Waals surface area (Å²) in [5, 5.41) is 2.97. The first-order chi connectivity index (χ1) is 17.8. The molecule has 4 rings (SSSR count). The van der Waals surface area contributed by atoms with Gasteiger partial charge in [-0.1, -0.05) is 30.3 Å². The van der Waals surface area contributed by atoms with Crippen molar-refractivity contribution in [2.45, 2.75) is 32.9 Å². The summed E-state index contributed by atoms with van der Waals surface area (Å²) in [6, 6.07) is 13.9. The van der Waals surface area contributed by atoms with Crippen LogP contribution in [0.1, 0.15) is 42.7 Å². The average molecular weight is 509 g/mol. The number of esters is 1. The van der Waals surface area contributed by atoms with Gasteiger partial charge in [0.05, 0.1) is 18.2 Å². The fourth-order valence-corrected chi connectivity index (χ4v) is 5.00. The van der Waals surface area contributed by atoms with Gasteiger partial charge >= 0.3 is 12.0 Å². The van der Waals surface area contributed by atoms with Crippen LogP contribution in [0.25, 0.3) is 0 Å². The third kappa shape index (κ3) is 5.67. The zero-order valence-corrected chi connectivity index (χ0v) is 21.4. The molecule has 2 aliphatic heterocycles. The number of amides is 3. The predicted octanol–water partition coefficient (Wildman–Crippen LogP) is 3.58. The van der Waals surface area contributed by atoms with E-state index in [1.165, 1.54) is 24.3 Å². The molecule has 1 fully saturated rings. The Hall–Kier alpha value is -3.72. The van der Waals surface area contributed by atoms with Crippen LogP contribution in [0.5, 0.6) is 0 Å². The lowest BCUT2D eigenvalue weighted by molar-refractivity contribution is -0.139. The molecule has 0 aromatic heterocycles. The van der Waals surface area contributed by atoms with Gasteiger partial charge in [-0.25, -0.2) is 14.0 Å². The molecule has 2 heterocycles. The number of nitrogens with zero attached hydrogens (tertiary/aromatic N) is 3. The van der Waals surface area contributed by atoms with E-state index in [-0.39, 0.29) is 30.4 Å². The van der Waals surface area contributed by atoms with Crippen LogP contribution in [0.2, 0.25) is 0 Å². The number of likely N-dealkylation sites (N-methyl/N-ethyl adjacent to an activating group) is 1. The number of carbonyl (C=O) groups excluding carboxylic acids is 3. The highest BCUT2D eigenvalue weighted by Gasteiger charge is 2.39. The van der Waals surface area contributed by atoms with Gasteiger partial charge in [0.15, 0.2) is 0 Å². The molecule has 0 aliphatic carbocycles. The molecule has 0 spiro atoms. The van der Waals surface area contributed by atoms with E-state index in [4.69, 9.17) is 4.74 Å². The highest BCUT2D eigenvalue weighted by atomic mass is 19.1. The lowest BCUT2D eigenvalue weighted by atomic mass is 9.94. The molecule has 0 radical (unpaired) electrons. The van der Waals surface area contributed by atoms with E-state index < -0.39 is 12.0 Å². The molecule has 2 atom stereocenters. The number of rotatable bonds is 7. The van der Waals surface area contributed by atoms with Crippen LogP contribution in [0.4, 0.5) is 9.18 Å². The summed E-state index contributed by atoms with van der Waals surface area (Å²) in [6.07, 6.45) is 0. The monoisotopic (exact) mass is 508 g/mol. The maximum absolute atomic E-state index is 13.3. The van der Waals surface area contributed by atoms with Gasteiger partial charge in [0, 0.05) is 50.0 Å². The Morgan fingerprint density at radius 2 is 1.76 bits per heavy atom. The predicted molar refractivity (Wildman–Crippen MR) is 137 cm³/mol. The van der Waals surface area contributed by atoms with Crippen molar-refractivity contribution in [3.63, 3.8) is 0 Å². The Balaban J connectivity index is 1.61. The van der Waals surface area contributed by atoms with Crippen molar-refractivity contribution < 1.29 is 23.5 Å². The largest absolute Gasteiger partial charge is 0.463 e. The van der Waals surface area contributed by atoms with Gasteiger partial charge in [0.2, 0.25) is 0 Å². The quantitative estimate of drug-likeness (QED) is 0.579. The second kappa shape index (κ2) is 11.6. The molecule has 2 aliphatic rings. The van der Waals surface area contributed by atoms with Gasteiger partial charge in [-0.2, -0.15) is 0 Å². The molecule has 9 heteroatoms. The number of carbonyl (C=O) groups is 3. The average Bonchev–Trinajstić information content (AvgIpc) is 2.89. The van der Waals surface area contributed by atoms with Gasteiger partial charge in [-0.3, -0.25) is 14.6 Å². The van der Waals surface area contributed by atoms with E-state index in [2.05, 4.69) is 10.2 Å². The summed E-state index contributed by atoms with van der Waals surface area (Å²) in [4.78, 5) is 44.9. The standard InChI is InChI=1S/C28H33FN4O4/c1-4-32-23(24(27(35)37-5-2)25(30-28(32)36)20-9-7-6-8-10-20)18-31-15-16-33(19(3)17-31)26(34)21-11-13-22(29)14-12-21/h6-14,19,25H,4-5,15-18H2,1-3H3,(H,30,36)/t19-,25-/m1/s1.